The van der Waals surface area contributed by atoms with E-state index in [9.17, 15) is 9.59 Å². The number of piperidine rings is 1. The molecule has 1 atom stereocenters. The number of nitrogens with one attached hydrogen (secondary N) is 1. The van der Waals surface area contributed by atoms with Gasteiger partial charge in [-0.05, 0) is 50.1 Å². The molecule has 1 fully saturated rings. The van der Waals surface area contributed by atoms with Gasteiger partial charge in [0.05, 0.1) is 22.3 Å². The standard InChI is InChI=1S/C23H22Cl3N5O2/c1-13-20(23(33)29-30-10-2-3-15(12-30)22(27)32)28-31(19-9-8-17(25)11-18(19)26)21(13)14-4-6-16(24)7-5-14/h4-9,11,15H,2-3,10,12H2,1H3,(H2,27,32)(H,29,33). The lowest BCUT2D eigenvalue weighted by Gasteiger charge is -2.30. The highest BCUT2D eigenvalue weighted by molar-refractivity contribution is 6.35. The summed E-state index contributed by atoms with van der Waals surface area (Å²) in [5, 5.41) is 7.82. The summed E-state index contributed by atoms with van der Waals surface area (Å²) >= 11 is 18.6. The van der Waals surface area contributed by atoms with Gasteiger partial charge in [0, 0.05) is 34.3 Å². The summed E-state index contributed by atoms with van der Waals surface area (Å²) in [6.07, 6.45) is 1.48. The number of hydrazine groups is 1. The van der Waals surface area contributed by atoms with Crippen molar-refractivity contribution in [3.05, 3.63) is 68.8 Å². The van der Waals surface area contributed by atoms with Crippen molar-refractivity contribution in [2.45, 2.75) is 19.8 Å². The molecule has 0 radical (unpaired) electrons. The minimum Gasteiger partial charge on any atom is -0.369 e. The maximum Gasteiger partial charge on any atom is 0.286 e. The van der Waals surface area contributed by atoms with Gasteiger partial charge >= 0.3 is 0 Å². The lowest BCUT2D eigenvalue weighted by atomic mass is 9.99. The van der Waals surface area contributed by atoms with Crippen LogP contribution in [0.5, 0.6) is 0 Å². The fraction of sp³-hybridized carbons (Fsp3) is 0.261. The number of hydrogen-bond acceptors (Lipinski definition) is 4. The number of carbonyl (C=O) groups is 2. The Bertz CT molecular complexity index is 1210. The van der Waals surface area contributed by atoms with Crippen LogP contribution >= 0.6 is 34.8 Å². The second-order valence-corrected chi connectivity index (χ2v) is 9.25. The molecule has 33 heavy (non-hydrogen) atoms. The number of halogens is 3. The number of hydrogen-bond donors (Lipinski definition) is 2. The van der Waals surface area contributed by atoms with E-state index < -0.39 is 0 Å². The van der Waals surface area contributed by atoms with E-state index in [1.807, 2.05) is 19.1 Å². The molecule has 1 aromatic heterocycles. The van der Waals surface area contributed by atoms with Crippen molar-refractivity contribution >= 4 is 46.6 Å². The van der Waals surface area contributed by atoms with E-state index in [0.717, 1.165) is 12.0 Å². The molecule has 2 amide bonds. The van der Waals surface area contributed by atoms with Gasteiger partial charge in [0.25, 0.3) is 5.91 Å². The molecule has 172 valence electrons. The van der Waals surface area contributed by atoms with Crippen molar-refractivity contribution in [3.8, 4) is 16.9 Å². The maximum atomic E-state index is 13.2. The average molecular weight is 507 g/mol. The quantitative estimate of drug-likeness (QED) is 0.527. The Morgan fingerprint density at radius 1 is 1.09 bits per heavy atom. The van der Waals surface area contributed by atoms with Crippen molar-refractivity contribution in [3.63, 3.8) is 0 Å². The van der Waals surface area contributed by atoms with Crippen molar-refractivity contribution in [2.24, 2.45) is 11.7 Å². The summed E-state index contributed by atoms with van der Waals surface area (Å²) < 4.78 is 1.63. The molecule has 0 spiro atoms. The van der Waals surface area contributed by atoms with Gasteiger partial charge in [-0.1, -0.05) is 46.9 Å². The van der Waals surface area contributed by atoms with Crippen LogP contribution in [0.25, 0.3) is 16.9 Å². The summed E-state index contributed by atoms with van der Waals surface area (Å²) in [7, 11) is 0. The molecule has 3 aromatic rings. The van der Waals surface area contributed by atoms with Gasteiger partial charge in [-0.15, -0.1) is 0 Å². The van der Waals surface area contributed by atoms with Crippen molar-refractivity contribution < 1.29 is 9.59 Å². The molecular weight excluding hydrogens is 485 g/mol. The number of nitrogens with zero attached hydrogens (tertiary/aromatic N) is 3. The second-order valence-electron chi connectivity index (χ2n) is 7.97. The zero-order valence-corrected chi connectivity index (χ0v) is 20.1. The molecule has 10 heteroatoms. The third-order valence-electron chi connectivity index (χ3n) is 5.68. The molecule has 1 unspecified atom stereocenters. The zero-order valence-electron chi connectivity index (χ0n) is 17.8. The second kappa shape index (κ2) is 9.73. The molecule has 7 nitrogen and oxygen atoms in total. The Hall–Kier alpha value is -2.58. The van der Waals surface area contributed by atoms with Crippen LogP contribution in [0.2, 0.25) is 15.1 Å². The van der Waals surface area contributed by atoms with E-state index in [0.29, 0.717) is 51.5 Å². The van der Waals surface area contributed by atoms with E-state index in [1.54, 1.807) is 40.0 Å². The van der Waals surface area contributed by atoms with Crippen LogP contribution in [0.1, 0.15) is 28.9 Å². The maximum absolute atomic E-state index is 13.2. The van der Waals surface area contributed by atoms with Gasteiger partial charge in [0.15, 0.2) is 5.69 Å². The van der Waals surface area contributed by atoms with Crippen LogP contribution < -0.4 is 11.2 Å². The predicted octanol–water partition coefficient (Wildman–Crippen LogP) is 4.65. The van der Waals surface area contributed by atoms with Gasteiger partial charge in [-0.25, -0.2) is 9.69 Å². The van der Waals surface area contributed by atoms with E-state index in [-0.39, 0.29) is 23.4 Å². The molecule has 1 aliphatic rings. The smallest absolute Gasteiger partial charge is 0.286 e. The fourth-order valence-corrected chi connectivity index (χ4v) is 4.61. The first-order valence-corrected chi connectivity index (χ1v) is 11.5. The highest BCUT2D eigenvalue weighted by atomic mass is 35.5. The Balaban J connectivity index is 1.74. The van der Waals surface area contributed by atoms with Gasteiger partial charge < -0.3 is 5.73 Å². The van der Waals surface area contributed by atoms with E-state index >= 15 is 0 Å². The monoisotopic (exact) mass is 505 g/mol. The molecule has 0 bridgehead atoms. The van der Waals surface area contributed by atoms with Crippen molar-refractivity contribution in [1.29, 1.82) is 0 Å². The first-order valence-electron chi connectivity index (χ1n) is 10.4. The topological polar surface area (TPSA) is 93.2 Å². The fourth-order valence-electron chi connectivity index (χ4n) is 3.99. The number of amides is 2. The minimum atomic E-state index is -0.378. The third kappa shape index (κ3) is 5.01. The molecular formula is C23H22Cl3N5O2. The van der Waals surface area contributed by atoms with Crippen molar-refractivity contribution in [1.82, 2.24) is 20.2 Å². The molecule has 2 heterocycles. The van der Waals surface area contributed by atoms with Crippen LogP contribution in [0.4, 0.5) is 0 Å². The Morgan fingerprint density at radius 2 is 1.79 bits per heavy atom. The molecule has 2 aromatic carbocycles. The van der Waals surface area contributed by atoms with Gasteiger partial charge in [-0.3, -0.25) is 15.0 Å². The summed E-state index contributed by atoms with van der Waals surface area (Å²) in [5.74, 6) is -1.04. The van der Waals surface area contributed by atoms with E-state index in [4.69, 9.17) is 40.5 Å². The molecule has 0 aliphatic carbocycles. The number of aromatic nitrogens is 2. The summed E-state index contributed by atoms with van der Waals surface area (Å²) in [4.78, 5) is 24.8. The minimum absolute atomic E-state index is 0.243. The number of rotatable bonds is 5. The number of primary amides is 1. The number of benzene rings is 2. The molecule has 4 rings (SSSR count). The first kappa shape index (κ1) is 23.6. The summed E-state index contributed by atoms with van der Waals surface area (Å²) in [5.41, 5.74) is 11.4. The summed E-state index contributed by atoms with van der Waals surface area (Å²) in [6, 6.07) is 12.3. The molecule has 3 N–H and O–H groups in total. The lowest BCUT2D eigenvalue weighted by molar-refractivity contribution is -0.123. The molecule has 1 saturated heterocycles. The summed E-state index contributed by atoms with van der Waals surface area (Å²) in [6.45, 7) is 2.82. The van der Waals surface area contributed by atoms with Gasteiger partial charge in [0.1, 0.15) is 0 Å². The van der Waals surface area contributed by atoms with Crippen LogP contribution in [0.15, 0.2) is 42.5 Å². The SMILES string of the molecule is Cc1c(C(=O)NN2CCCC(C(N)=O)C2)nn(-c2ccc(Cl)cc2Cl)c1-c1ccc(Cl)cc1. The van der Waals surface area contributed by atoms with Crippen LogP contribution in [0, 0.1) is 12.8 Å². The predicted molar refractivity (Wildman–Crippen MR) is 130 cm³/mol. The highest BCUT2D eigenvalue weighted by Crippen LogP contribution is 2.33. The average Bonchev–Trinajstić information content (AvgIpc) is 3.11. The Labute approximate surface area is 206 Å². The normalized spacial score (nSPS) is 16.5. The molecule has 0 saturated carbocycles. The van der Waals surface area contributed by atoms with Crippen molar-refractivity contribution in [2.75, 3.05) is 13.1 Å². The van der Waals surface area contributed by atoms with Crippen LogP contribution in [-0.2, 0) is 4.79 Å². The van der Waals surface area contributed by atoms with Gasteiger partial charge in [-0.2, -0.15) is 5.10 Å². The van der Waals surface area contributed by atoms with E-state index in [2.05, 4.69) is 10.5 Å². The number of nitrogens with two attached hydrogens (primary N) is 1. The highest BCUT2D eigenvalue weighted by Gasteiger charge is 2.28. The lowest BCUT2D eigenvalue weighted by Crippen LogP contribution is -2.50. The van der Waals surface area contributed by atoms with E-state index in [1.165, 1.54) is 0 Å². The number of carbonyl (C=O) groups excluding carboxylic acids is 2. The Morgan fingerprint density at radius 3 is 2.45 bits per heavy atom. The third-order valence-corrected chi connectivity index (χ3v) is 6.47. The van der Waals surface area contributed by atoms with Gasteiger partial charge in [0.2, 0.25) is 5.91 Å². The molecule has 1 aliphatic heterocycles. The van der Waals surface area contributed by atoms with Crippen LogP contribution in [0.3, 0.4) is 0 Å². The largest absolute Gasteiger partial charge is 0.369 e. The Kier molecular flexibility index (Phi) is 6.95. The van der Waals surface area contributed by atoms with Crippen LogP contribution in [-0.4, -0.2) is 39.7 Å². The zero-order chi connectivity index (χ0) is 23.7. The first-order chi connectivity index (χ1) is 15.7.